The molecule has 0 unspecified atom stereocenters. The lowest BCUT2D eigenvalue weighted by atomic mass is 10.4. The summed E-state index contributed by atoms with van der Waals surface area (Å²) in [5.41, 5.74) is 4.84. The van der Waals surface area contributed by atoms with Crippen LogP contribution in [-0.2, 0) is 4.79 Å². The molecule has 0 fully saturated rings. The van der Waals surface area contributed by atoms with Gasteiger partial charge in [0.25, 0.3) is 0 Å². The maximum atomic E-state index is 9.57. The Morgan fingerprint density at radius 2 is 1.89 bits per heavy atom. The van der Waals surface area contributed by atoms with Gasteiger partial charge in [-0.05, 0) is 13.8 Å². The molecule has 0 aromatic heterocycles. The Kier molecular flexibility index (Phi) is 9.21. The Labute approximate surface area is 54.3 Å². The van der Waals surface area contributed by atoms with E-state index in [-0.39, 0.29) is 6.61 Å². The maximum absolute atomic E-state index is 9.57. The SMILES string of the molecule is CCO.C[C@H](N)C(=O)O. The Bertz CT molecular complexity index is 72.6. The van der Waals surface area contributed by atoms with E-state index in [1.54, 1.807) is 6.92 Å². The monoisotopic (exact) mass is 135 g/mol. The molecule has 0 saturated carbocycles. The third-order valence-corrected chi connectivity index (χ3v) is 0.390. The maximum Gasteiger partial charge on any atom is 0.320 e. The van der Waals surface area contributed by atoms with Crippen molar-refractivity contribution in [1.29, 1.82) is 0 Å². The van der Waals surface area contributed by atoms with Crippen molar-refractivity contribution in [1.82, 2.24) is 0 Å². The zero-order valence-electron chi connectivity index (χ0n) is 5.66. The van der Waals surface area contributed by atoms with E-state index in [4.69, 9.17) is 15.9 Å². The summed E-state index contributed by atoms with van der Waals surface area (Å²) in [5.74, 6) is -0.963. The molecule has 0 rings (SSSR count). The third-order valence-electron chi connectivity index (χ3n) is 0.390. The fourth-order valence-corrected chi connectivity index (χ4v) is 0. The van der Waals surface area contributed by atoms with Crippen molar-refractivity contribution in [3.8, 4) is 0 Å². The first-order valence-electron chi connectivity index (χ1n) is 2.65. The molecule has 9 heavy (non-hydrogen) atoms. The highest BCUT2D eigenvalue weighted by atomic mass is 16.4. The molecule has 56 valence electrons. The molecule has 0 aliphatic carbocycles. The summed E-state index contributed by atoms with van der Waals surface area (Å²) >= 11 is 0. The van der Waals surface area contributed by atoms with Gasteiger partial charge in [0.05, 0.1) is 0 Å². The van der Waals surface area contributed by atoms with Gasteiger partial charge in [-0.2, -0.15) is 0 Å². The van der Waals surface area contributed by atoms with Gasteiger partial charge in [0.1, 0.15) is 6.04 Å². The Hall–Kier alpha value is -0.610. The lowest BCUT2D eigenvalue weighted by Gasteiger charge is -1.90. The van der Waals surface area contributed by atoms with Gasteiger partial charge in [0, 0.05) is 6.61 Å². The zero-order chi connectivity index (χ0) is 7.86. The van der Waals surface area contributed by atoms with E-state index in [0.29, 0.717) is 0 Å². The van der Waals surface area contributed by atoms with Crippen LogP contribution in [0.4, 0.5) is 0 Å². The number of hydrogen-bond donors (Lipinski definition) is 3. The van der Waals surface area contributed by atoms with E-state index >= 15 is 0 Å². The van der Waals surface area contributed by atoms with E-state index < -0.39 is 12.0 Å². The van der Waals surface area contributed by atoms with Crippen LogP contribution in [0, 0.1) is 0 Å². The molecule has 4 nitrogen and oxygen atoms in total. The summed E-state index contributed by atoms with van der Waals surface area (Å²) in [6, 6.07) is -0.731. The van der Waals surface area contributed by atoms with Crippen molar-refractivity contribution >= 4 is 5.97 Å². The molecule has 0 heterocycles. The van der Waals surface area contributed by atoms with Gasteiger partial charge in [-0.1, -0.05) is 0 Å². The average Bonchev–Trinajstić information content (AvgIpc) is 1.68. The third kappa shape index (κ3) is 18.7. The standard InChI is InChI=1S/C3H7NO2.C2H6O/c1-2(4)3(5)6;1-2-3/h2H,4H2,1H3,(H,5,6);3H,2H2,1H3/t2-;/m0./s1. The Balaban J connectivity index is 0. The highest BCUT2D eigenvalue weighted by Crippen LogP contribution is 1.68. The first-order valence-corrected chi connectivity index (χ1v) is 2.65. The number of nitrogens with two attached hydrogens (primary N) is 1. The second-order valence-corrected chi connectivity index (χ2v) is 1.44. The largest absolute Gasteiger partial charge is 0.480 e. The number of carbonyl (C=O) groups is 1. The average molecular weight is 135 g/mol. The smallest absolute Gasteiger partial charge is 0.320 e. The summed E-state index contributed by atoms with van der Waals surface area (Å²) in [5, 5.41) is 15.4. The van der Waals surface area contributed by atoms with Crippen molar-refractivity contribution in [2.24, 2.45) is 5.73 Å². The van der Waals surface area contributed by atoms with Crippen LogP contribution in [0.5, 0.6) is 0 Å². The molecular weight excluding hydrogens is 122 g/mol. The number of rotatable bonds is 1. The molecule has 0 radical (unpaired) electrons. The van der Waals surface area contributed by atoms with Gasteiger partial charge < -0.3 is 15.9 Å². The summed E-state index contributed by atoms with van der Waals surface area (Å²) in [6.07, 6.45) is 0. The molecule has 0 spiro atoms. The fraction of sp³-hybridized carbons (Fsp3) is 0.800. The molecule has 0 amide bonds. The molecular formula is C5H13NO3. The van der Waals surface area contributed by atoms with Crippen LogP contribution < -0.4 is 5.73 Å². The van der Waals surface area contributed by atoms with Crippen LogP contribution in [0.2, 0.25) is 0 Å². The fourth-order valence-electron chi connectivity index (χ4n) is 0. The Morgan fingerprint density at radius 3 is 1.89 bits per heavy atom. The number of aliphatic carboxylic acids is 1. The van der Waals surface area contributed by atoms with E-state index in [1.807, 2.05) is 0 Å². The van der Waals surface area contributed by atoms with Crippen molar-refractivity contribution in [2.45, 2.75) is 19.9 Å². The van der Waals surface area contributed by atoms with Crippen LogP contribution in [0.1, 0.15) is 13.8 Å². The molecule has 1 atom stereocenters. The van der Waals surface area contributed by atoms with Crippen molar-refractivity contribution < 1.29 is 15.0 Å². The molecule has 0 saturated heterocycles. The number of carboxylic acid groups (broad SMARTS) is 1. The van der Waals surface area contributed by atoms with Gasteiger partial charge in [0.2, 0.25) is 0 Å². The lowest BCUT2D eigenvalue weighted by Crippen LogP contribution is -2.25. The van der Waals surface area contributed by atoms with Gasteiger partial charge in [-0.3, -0.25) is 4.79 Å². The topological polar surface area (TPSA) is 83.5 Å². The predicted molar refractivity (Wildman–Crippen MR) is 34.0 cm³/mol. The summed E-state index contributed by atoms with van der Waals surface area (Å²) in [4.78, 5) is 9.57. The van der Waals surface area contributed by atoms with Crippen molar-refractivity contribution in [3.63, 3.8) is 0 Å². The molecule has 0 aliphatic heterocycles. The first-order chi connectivity index (χ1) is 4.06. The number of carboxylic acids is 1. The first kappa shape index (κ1) is 11.2. The summed E-state index contributed by atoms with van der Waals surface area (Å²) in [6.45, 7) is 3.35. The molecule has 4 heteroatoms. The molecule has 0 bridgehead atoms. The van der Waals surface area contributed by atoms with Crippen molar-refractivity contribution in [3.05, 3.63) is 0 Å². The van der Waals surface area contributed by atoms with Crippen molar-refractivity contribution in [2.75, 3.05) is 6.61 Å². The van der Waals surface area contributed by atoms with Crippen LogP contribution >= 0.6 is 0 Å². The van der Waals surface area contributed by atoms with E-state index in [1.165, 1.54) is 6.92 Å². The minimum Gasteiger partial charge on any atom is -0.480 e. The summed E-state index contributed by atoms with van der Waals surface area (Å²) < 4.78 is 0. The zero-order valence-corrected chi connectivity index (χ0v) is 5.66. The van der Waals surface area contributed by atoms with E-state index in [2.05, 4.69) is 0 Å². The van der Waals surface area contributed by atoms with Crippen LogP contribution in [0.15, 0.2) is 0 Å². The highest BCUT2D eigenvalue weighted by molar-refractivity contribution is 5.72. The lowest BCUT2D eigenvalue weighted by molar-refractivity contribution is -0.138. The van der Waals surface area contributed by atoms with Crippen LogP contribution in [0.3, 0.4) is 0 Å². The van der Waals surface area contributed by atoms with Gasteiger partial charge >= 0.3 is 5.97 Å². The minimum atomic E-state index is -0.963. The molecule has 0 aromatic carbocycles. The number of hydrogen-bond acceptors (Lipinski definition) is 3. The minimum absolute atomic E-state index is 0.250. The highest BCUT2D eigenvalue weighted by Gasteiger charge is 1.99. The molecule has 4 N–H and O–H groups in total. The summed E-state index contributed by atoms with van der Waals surface area (Å²) in [7, 11) is 0. The second-order valence-electron chi connectivity index (χ2n) is 1.44. The predicted octanol–water partition coefficient (Wildman–Crippen LogP) is -0.583. The van der Waals surface area contributed by atoms with Crippen LogP contribution in [0.25, 0.3) is 0 Å². The van der Waals surface area contributed by atoms with E-state index in [0.717, 1.165) is 0 Å². The Morgan fingerprint density at radius 1 is 1.78 bits per heavy atom. The molecule has 0 aromatic rings. The normalized spacial score (nSPS) is 11.1. The van der Waals surface area contributed by atoms with Gasteiger partial charge in [0.15, 0.2) is 0 Å². The van der Waals surface area contributed by atoms with Gasteiger partial charge in [-0.25, -0.2) is 0 Å². The van der Waals surface area contributed by atoms with Crippen LogP contribution in [-0.4, -0.2) is 28.8 Å². The number of aliphatic hydroxyl groups is 1. The second kappa shape index (κ2) is 7.39. The quantitative estimate of drug-likeness (QED) is 0.449. The number of aliphatic hydroxyl groups excluding tert-OH is 1. The van der Waals surface area contributed by atoms with Gasteiger partial charge in [-0.15, -0.1) is 0 Å². The molecule has 0 aliphatic rings. The van der Waals surface area contributed by atoms with E-state index in [9.17, 15) is 4.79 Å².